The fourth-order valence-corrected chi connectivity index (χ4v) is 3.45. The quantitative estimate of drug-likeness (QED) is 0.936. The largest absolute Gasteiger partial charge is 0.481 e. The molecule has 2 atom stereocenters. The molecule has 0 bridgehead atoms. The lowest BCUT2D eigenvalue weighted by Gasteiger charge is -2.37. The number of aryl methyl sites for hydroxylation is 1. The van der Waals surface area contributed by atoms with E-state index in [1.54, 1.807) is 0 Å². The summed E-state index contributed by atoms with van der Waals surface area (Å²) in [7, 11) is 0. The Labute approximate surface area is 137 Å². The van der Waals surface area contributed by atoms with Crippen LogP contribution in [0.5, 0.6) is 0 Å². The molecule has 0 aromatic heterocycles. The highest BCUT2D eigenvalue weighted by Gasteiger charge is 2.34. The van der Waals surface area contributed by atoms with E-state index >= 15 is 0 Å². The maximum Gasteiger partial charge on any atom is 0.307 e. The Bertz CT molecular complexity index is 651. The average molecular weight is 309 g/mol. The number of benzene rings is 2. The van der Waals surface area contributed by atoms with Gasteiger partial charge in [-0.2, -0.15) is 0 Å². The summed E-state index contributed by atoms with van der Waals surface area (Å²) in [5.41, 5.74) is 3.63. The van der Waals surface area contributed by atoms with Gasteiger partial charge in [0.15, 0.2) is 0 Å². The minimum Gasteiger partial charge on any atom is -0.481 e. The zero-order valence-corrected chi connectivity index (χ0v) is 13.5. The molecule has 0 radical (unpaired) electrons. The monoisotopic (exact) mass is 309 g/mol. The number of carboxylic acids is 1. The minimum atomic E-state index is -0.671. The highest BCUT2D eigenvalue weighted by Crippen LogP contribution is 2.33. The van der Waals surface area contributed by atoms with E-state index in [2.05, 4.69) is 60.4 Å². The first kappa shape index (κ1) is 15.8. The van der Waals surface area contributed by atoms with Gasteiger partial charge in [0.2, 0.25) is 0 Å². The van der Waals surface area contributed by atoms with Crippen LogP contribution in [0.15, 0.2) is 54.6 Å². The molecule has 1 heterocycles. The van der Waals surface area contributed by atoms with Crippen LogP contribution in [0.3, 0.4) is 0 Å². The van der Waals surface area contributed by atoms with E-state index in [1.165, 1.54) is 11.1 Å². The van der Waals surface area contributed by atoms with Crippen molar-refractivity contribution in [1.82, 2.24) is 4.90 Å². The number of hydrogen-bond donors (Lipinski definition) is 1. The van der Waals surface area contributed by atoms with E-state index in [0.29, 0.717) is 6.42 Å². The third-order valence-electron chi connectivity index (χ3n) is 4.77. The Morgan fingerprint density at radius 1 is 1.13 bits per heavy atom. The van der Waals surface area contributed by atoms with E-state index in [0.717, 1.165) is 25.2 Å². The maximum atomic E-state index is 11.7. The second-order valence-electron chi connectivity index (χ2n) is 6.47. The summed E-state index contributed by atoms with van der Waals surface area (Å²) in [6.45, 7) is 4.58. The Morgan fingerprint density at radius 3 is 2.48 bits per heavy atom. The first-order chi connectivity index (χ1) is 11.1. The van der Waals surface area contributed by atoms with Crippen LogP contribution >= 0.6 is 0 Å². The predicted molar refractivity (Wildman–Crippen MR) is 91.4 cm³/mol. The van der Waals surface area contributed by atoms with Crippen molar-refractivity contribution in [3.05, 3.63) is 71.3 Å². The number of rotatable bonds is 4. The molecule has 0 aliphatic carbocycles. The molecule has 2 aromatic carbocycles. The first-order valence-electron chi connectivity index (χ1n) is 8.19. The highest BCUT2D eigenvalue weighted by atomic mass is 16.4. The molecule has 0 saturated carbocycles. The summed E-state index contributed by atoms with van der Waals surface area (Å²) in [6, 6.07) is 18.7. The third-order valence-corrected chi connectivity index (χ3v) is 4.77. The van der Waals surface area contributed by atoms with E-state index in [9.17, 15) is 9.90 Å². The Hall–Kier alpha value is -2.13. The molecule has 2 unspecified atom stereocenters. The Kier molecular flexibility index (Phi) is 4.77. The molecular formula is C20H23NO2. The van der Waals surface area contributed by atoms with Crippen LogP contribution < -0.4 is 0 Å². The lowest BCUT2D eigenvalue weighted by Crippen LogP contribution is -2.41. The zero-order chi connectivity index (χ0) is 16.2. The number of aliphatic carboxylic acids is 1. The fourth-order valence-electron chi connectivity index (χ4n) is 3.45. The number of nitrogens with zero attached hydrogens (tertiary/aromatic N) is 1. The smallest absolute Gasteiger partial charge is 0.307 e. The van der Waals surface area contributed by atoms with Crippen molar-refractivity contribution in [3.8, 4) is 0 Å². The van der Waals surface area contributed by atoms with Gasteiger partial charge in [-0.15, -0.1) is 0 Å². The number of carboxylic acid groups (broad SMARTS) is 1. The third kappa shape index (κ3) is 3.80. The molecule has 120 valence electrons. The van der Waals surface area contributed by atoms with Crippen LogP contribution in [0.25, 0.3) is 0 Å². The van der Waals surface area contributed by atoms with Gasteiger partial charge in [0.1, 0.15) is 0 Å². The summed E-state index contributed by atoms with van der Waals surface area (Å²) >= 11 is 0. The number of hydrogen-bond acceptors (Lipinski definition) is 2. The van der Waals surface area contributed by atoms with Gasteiger partial charge < -0.3 is 5.11 Å². The molecule has 2 aromatic rings. The summed E-state index contributed by atoms with van der Waals surface area (Å²) in [5, 5.41) is 9.58. The molecule has 3 heteroatoms. The summed E-state index contributed by atoms with van der Waals surface area (Å²) in [4.78, 5) is 14.0. The molecule has 0 amide bonds. The van der Waals surface area contributed by atoms with Gasteiger partial charge in [-0.05, 0) is 31.0 Å². The van der Waals surface area contributed by atoms with Crippen molar-refractivity contribution < 1.29 is 9.90 Å². The topological polar surface area (TPSA) is 40.5 Å². The molecular weight excluding hydrogens is 286 g/mol. The van der Waals surface area contributed by atoms with Gasteiger partial charge in [0.05, 0.1) is 5.92 Å². The van der Waals surface area contributed by atoms with Gasteiger partial charge in [-0.25, -0.2) is 0 Å². The van der Waals surface area contributed by atoms with Crippen molar-refractivity contribution in [2.45, 2.75) is 25.8 Å². The van der Waals surface area contributed by atoms with E-state index in [1.807, 2.05) is 6.07 Å². The van der Waals surface area contributed by atoms with Crippen molar-refractivity contribution >= 4 is 5.97 Å². The van der Waals surface area contributed by atoms with Crippen molar-refractivity contribution in [2.24, 2.45) is 5.92 Å². The van der Waals surface area contributed by atoms with Crippen LogP contribution in [0.1, 0.15) is 29.0 Å². The highest BCUT2D eigenvalue weighted by molar-refractivity contribution is 5.71. The molecule has 1 aliphatic heterocycles. The Morgan fingerprint density at radius 2 is 1.83 bits per heavy atom. The standard InChI is InChI=1S/C20H23NO2/c1-15-7-9-17(10-8-15)19-14-21(12-11-18(19)20(22)23)13-16-5-3-2-4-6-16/h2-10,18-19H,11-14H2,1H3,(H,22,23). The fraction of sp³-hybridized carbons (Fsp3) is 0.350. The molecule has 1 N–H and O–H groups in total. The Balaban J connectivity index is 1.78. The lowest BCUT2D eigenvalue weighted by atomic mass is 9.80. The van der Waals surface area contributed by atoms with E-state index in [4.69, 9.17) is 0 Å². The molecule has 1 saturated heterocycles. The summed E-state index contributed by atoms with van der Waals surface area (Å²) in [5.74, 6) is -0.898. The van der Waals surface area contributed by atoms with E-state index in [-0.39, 0.29) is 11.8 Å². The molecule has 23 heavy (non-hydrogen) atoms. The van der Waals surface area contributed by atoms with Crippen LogP contribution in [0.4, 0.5) is 0 Å². The number of piperidine rings is 1. The molecule has 3 rings (SSSR count). The number of likely N-dealkylation sites (tertiary alicyclic amines) is 1. The SMILES string of the molecule is Cc1ccc(C2CN(Cc3ccccc3)CCC2C(=O)O)cc1. The van der Waals surface area contributed by atoms with Gasteiger partial charge >= 0.3 is 5.97 Å². The minimum absolute atomic E-state index is 0.0607. The van der Waals surface area contributed by atoms with Gasteiger partial charge in [0.25, 0.3) is 0 Å². The molecule has 3 nitrogen and oxygen atoms in total. The van der Waals surface area contributed by atoms with Crippen LogP contribution in [-0.2, 0) is 11.3 Å². The first-order valence-corrected chi connectivity index (χ1v) is 8.19. The molecule has 1 fully saturated rings. The van der Waals surface area contributed by atoms with Crippen molar-refractivity contribution in [3.63, 3.8) is 0 Å². The van der Waals surface area contributed by atoms with Gasteiger partial charge in [-0.1, -0.05) is 60.2 Å². The molecule has 1 aliphatic rings. The second kappa shape index (κ2) is 6.97. The van der Waals surface area contributed by atoms with Crippen LogP contribution in [0, 0.1) is 12.8 Å². The lowest BCUT2D eigenvalue weighted by molar-refractivity contribution is -0.144. The summed E-state index contributed by atoms with van der Waals surface area (Å²) < 4.78 is 0. The van der Waals surface area contributed by atoms with Crippen molar-refractivity contribution in [2.75, 3.05) is 13.1 Å². The summed E-state index contributed by atoms with van der Waals surface area (Å²) in [6.07, 6.45) is 0.709. The van der Waals surface area contributed by atoms with Gasteiger partial charge in [-0.3, -0.25) is 9.69 Å². The van der Waals surface area contributed by atoms with E-state index < -0.39 is 5.97 Å². The zero-order valence-electron chi connectivity index (χ0n) is 13.5. The second-order valence-corrected chi connectivity index (χ2v) is 6.47. The van der Waals surface area contributed by atoms with Crippen molar-refractivity contribution in [1.29, 1.82) is 0 Å². The normalized spacial score (nSPS) is 22.0. The van der Waals surface area contributed by atoms with Crippen LogP contribution in [0.2, 0.25) is 0 Å². The average Bonchev–Trinajstić information content (AvgIpc) is 2.56. The van der Waals surface area contributed by atoms with Gasteiger partial charge in [0, 0.05) is 19.0 Å². The maximum absolute atomic E-state index is 11.7. The number of carbonyl (C=O) groups is 1. The predicted octanol–water partition coefficient (Wildman–Crippen LogP) is 3.69. The molecule has 0 spiro atoms. The van der Waals surface area contributed by atoms with Crippen LogP contribution in [-0.4, -0.2) is 29.1 Å².